The highest BCUT2D eigenvalue weighted by atomic mass is 16.5. The van der Waals surface area contributed by atoms with Gasteiger partial charge in [0, 0.05) is 12.7 Å². The summed E-state index contributed by atoms with van der Waals surface area (Å²) in [5.41, 5.74) is 6.16. The fourth-order valence-corrected chi connectivity index (χ4v) is 4.04. The number of nitrogens with zero attached hydrogens (tertiary/aromatic N) is 2. The minimum absolute atomic E-state index is 0.304. The van der Waals surface area contributed by atoms with E-state index in [0.717, 1.165) is 22.3 Å². The molecule has 1 aromatic heterocycles. The van der Waals surface area contributed by atoms with E-state index >= 15 is 0 Å². The number of aromatic nitrogens is 1. The molecule has 0 unspecified atom stereocenters. The molecule has 0 bridgehead atoms. The molecule has 7 heteroatoms. The molecule has 3 aromatic rings. The molecule has 2 aromatic carbocycles. The minimum atomic E-state index is -0.986. The van der Waals surface area contributed by atoms with Crippen LogP contribution >= 0.6 is 0 Å². The van der Waals surface area contributed by atoms with Crippen LogP contribution in [0.15, 0.2) is 60.9 Å². The first-order valence-electron chi connectivity index (χ1n) is 9.94. The Morgan fingerprint density at radius 3 is 2.77 bits per heavy atom. The highest BCUT2D eigenvalue weighted by Gasteiger charge is 2.34. The molecule has 1 atom stereocenters. The molecular weight excluding hydrogens is 394 g/mol. The van der Waals surface area contributed by atoms with Gasteiger partial charge in [0.05, 0.1) is 37.1 Å². The van der Waals surface area contributed by atoms with Gasteiger partial charge in [0.25, 0.3) is 0 Å². The van der Waals surface area contributed by atoms with E-state index in [0.29, 0.717) is 24.3 Å². The Morgan fingerprint density at radius 1 is 1.23 bits per heavy atom. The third-order valence-electron chi connectivity index (χ3n) is 5.63. The van der Waals surface area contributed by atoms with Gasteiger partial charge in [-0.3, -0.25) is 9.88 Å². The van der Waals surface area contributed by atoms with Gasteiger partial charge in [0.15, 0.2) is 0 Å². The molecule has 2 N–H and O–H groups in total. The molecule has 1 aliphatic rings. The number of nitrogens with one attached hydrogen (secondary N) is 1. The molecule has 2 heterocycles. The smallest absolute Gasteiger partial charge is 0.408 e. The molecule has 1 amide bonds. The van der Waals surface area contributed by atoms with E-state index in [9.17, 15) is 14.7 Å². The van der Waals surface area contributed by atoms with E-state index in [2.05, 4.69) is 35.4 Å². The van der Waals surface area contributed by atoms with Gasteiger partial charge in [-0.05, 0) is 46.9 Å². The molecule has 0 radical (unpaired) electrons. The van der Waals surface area contributed by atoms with Crippen molar-refractivity contribution in [2.24, 2.45) is 0 Å². The number of aryl methyl sites for hydroxylation is 1. The lowest BCUT2D eigenvalue weighted by Crippen LogP contribution is -2.32. The number of anilines is 1. The molecule has 0 aliphatic carbocycles. The van der Waals surface area contributed by atoms with E-state index in [1.54, 1.807) is 6.07 Å². The van der Waals surface area contributed by atoms with Crippen LogP contribution in [0.3, 0.4) is 0 Å². The Balaban J connectivity index is 1.63. The highest BCUT2D eigenvalue weighted by molar-refractivity contribution is 5.95. The number of ether oxygens (including phenoxy) is 1. The van der Waals surface area contributed by atoms with E-state index in [1.807, 2.05) is 24.3 Å². The number of rotatable bonds is 5. The molecule has 1 aliphatic heterocycles. The van der Waals surface area contributed by atoms with Gasteiger partial charge in [-0.2, -0.15) is 0 Å². The predicted molar refractivity (Wildman–Crippen MR) is 117 cm³/mol. The Hall–Kier alpha value is -3.87. The number of pyridine rings is 1. The summed E-state index contributed by atoms with van der Waals surface area (Å²) in [5.74, 6) is -0.477. The minimum Gasteiger partial charge on any atom is -0.465 e. The normalized spacial score (nSPS) is 14.8. The monoisotopic (exact) mass is 417 g/mol. The Labute approximate surface area is 180 Å². The number of amides is 1. The number of fused-ring (bicyclic) bond motifs is 1. The zero-order chi connectivity index (χ0) is 22.0. The van der Waals surface area contributed by atoms with Crippen molar-refractivity contribution in [1.29, 1.82) is 0 Å². The van der Waals surface area contributed by atoms with Crippen LogP contribution in [0.25, 0.3) is 11.1 Å². The van der Waals surface area contributed by atoms with Gasteiger partial charge in [-0.15, -0.1) is 0 Å². The summed E-state index contributed by atoms with van der Waals surface area (Å²) in [7, 11) is 1.32. The van der Waals surface area contributed by atoms with Gasteiger partial charge in [0.2, 0.25) is 0 Å². The summed E-state index contributed by atoms with van der Waals surface area (Å²) >= 11 is 0. The van der Waals surface area contributed by atoms with E-state index in [1.165, 1.54) is 30.0 Å². The summed E-state index contributed by atoms with van der Waals surface area (Å²) in [4.78, 5) is 29.4. The third-order valence-corrected chi connectivity index (χ3v) is 5.63. The van der Waals surface area contributed by atoms with Crippen LogP contribution in [0.4, 0.5) is 10.5 Å². The van der Waals surface area contributed by atoms with Gasteiger partial charge >= 0.3 is 12.1 Å². The van der Waals surface area contributed by atoms with Crippen molar-refractivity contribution in [2.45, 2.75) is 19.5 Å². The van der Waals surface area contributed by atoms with Crippen LogP contribution in [-0.4, -0.2) is 40.7 Å². The third kappa shape index (κ3) is 3.94. The maximum atomic E-state index is 12.0. The van der Waals surface area contributed by atoms with Crippen LogP contribution in [0.5, 0.6) is 0 Å². The summed E-state index contributed by atoms with van der Waals surface area (Å²) in [5, 5.41) is 13.0. The van der Waals surface area contributed by atoms with Gasteiger partial charge in [0.1, 0.15) is 0 Å². The van der Waals surface area contributed by atoms with Crippen LogP contribution in [0.2, 0.25) is 0 Å². The number of hydrogen-bond donors (Lipinski definition) is 2. The SMILES string of the molecule is COC(=O)c1ccncc1NC[C@@H]1c2ccc(-c3ccccc3C)cc2CN1C(=O)O. The number of carbonyl (C=O) groups is 2. The number of carbonyl (C=O) groups excluding carboxylic acids is 1. The first-order valence-corrected chi connectivity index (χ1v) is 9.94. The molecule has 31 heavy (non-hydrogen) atoms. The lowest BCUT2D eigenvalue weighted by atomic mass is 9.95. The van der Waals surface area contributed by atoms with Gasteiger partial charge in [-0.25, -0.2) is 9.59 Å². The summed E-state index contributed by atoms with van der Waals surface area (Å²) in [6.07, 6.45) is 2.06. The first kappa shape index (κ1) is 20.4. The Kier molecular flexibility index (Phi) is 5.58. The first-order chi connectivity index (χ1) is 15.0. The lowest BCUT2D eigenvalue weighted by Gasteiger charge is -2.23. The fourth-order valence-electron chi connectivity index (χ4n) is 4.04. The van der Waals surface area contributed by atoms with Crippen LogP contribution in [0.1, 0.15) is 33.1 Å². The molecule has 0 spiro atoms. The summed E-state index contributed by atoms with van der Waals surface area (Å²) < 4.78 is 4.82. The van der Waals surface area contributed by atoms with E-state index in [4.69, 9.17) is 4.74 Å². The molecule has 158 valence electrons. The Morgan fingerprint density at radius 2 is 2.03 bits per heavy atom. The van der Waals surface area contributed by atoms with Crippen molar-refractivity contribution in [3.8, 4) is 11.1 Å². The topological polar surface area (TPSA) is 91.8 Å². The van der Waals surface area contributed by atoms with Gasteiger partial charge in [-0.1, -0.05) is 36.4 Å². The van der Waals surface area contributed by atoms with Crippen LogP contribution < -0.4 is 5.32 Å². The Bertz CT molecular complexity index is 1150. The summed E-state index contributed by atoms with van der Waals surface area (Å²) in [6, 6.07) is 15.4. The zero-order valence-corrected chi connectivity index (χ0v) is 17.3. The van der Waals surface area contributed by atoms with Crippen molar-refractivity contribution < 1.29 is 19.4 Å². The van der Waals surface area contributed by atoms with Gasteiger partial charge < -0.3 is 15.2 Å². The number of carboxylic acid groups (broad SMARTS) is 1. The van der Waals surface area contributed by atoms with E-state index < -0.39 is 12.1 Å². The average Bonchev–Trinajstić information content (AvgIpc) is 3.15. The van der Waals surface area contributed by atoms with Crippen molar-refractivity contribution in [3.63, 3.8) is 0 Å². The maximum absolute atomic E-state index is 12.0. The molecule has 4 rings (SSSR count). The summed E-state index contributed by atoms with van der Waals surface area (Å²) in [6.45, 7) is 2.68. The zero-order valence-electron chi connectivity index (χ0n) is 17.3. The van der Waals surface area contributed by atoms with Crippen molar-refractivity contribution in [2.75, 3.05) is 19.0 Å². The number of esters is 1. The van der Waals surface area contributed by atoms with Crippen LogP contribution in [0, 0.1) is 6.92 Å². The second-order valence-corrected chi connectivity index (χ2v) is 7.45. The average molecular weight is 417 g/mol. The molecule has 0 saturated heterocycles. The molecule has 0 saturated carbocycles. The fraction of sp³-hybridized carbons (Fsp3) is 0.208. The second kappa shape index (κ2) is 8.47. The number of methoxy groups -OCH3 is 1. The molecular formula is C24H23N3O4. The predicted octanol–water partition coefficient (Wildman–Crippen LogP) is 4.49. The second-order valence-electron chi connectivity index (χ2n) is 7.45. The van der Waals surface area contributed by atoms with Crippen molar-refractivity contribution in [1.82, 2.24) is 9.88 Å². The molecule has 7 nitrogen and oxygen atoms in total. The quantitative estimate of drug-likeness (QED) is 0.595. The van der Waals surface area contributed by atoms with E-state index in [-0.39, 0.29) is 6.04 Å². The number of benzene rings is 2. The van der Waals surface area contributed by atoms with Crippen molar-refractivity contribution in [3.05, 3.63) is 83.2 Å². The van der Waals surface area contributed by atoms with Crippen molar-refractivity contribution >= 4 is 17.7 Å². The van der Waals surface area contributed by atoms with Crippen LogP contribution in [-0.2, 0) is 11.3 Å². The largest absolute Gasteiger partial charge is 0.465 e. The number of hydrogen-bond acceptors (Lipinski definition) is 5. The lowest BCUT2D eigenvalue weighted by molar-refractivity contribution is 0.0601. The highest BCUT2D eigenvalue weighted by Crippen LogP contribution is 2.37. The molecule has 0 fully saturated rings. The standard InChI is InChI=1S/C24H23N3O4/c1-15-5-3-4-6-18(15)16-7-8-19-17(11-16)14-27(24(29)30)22(19)13-26-21-12-25-10-9-20(21)23(28)31-2/h3-12,22,26H,13-14H2,1-2H3,(H,29,30)/t22-/m1/s1. The maximum Gasteiger partial charge on any atom is 0.408 e.